The summed E-state index contributed by atoms with van der Waals surface area (Å²) in [4.78, 5) is 15.1. The van der Waals surface area contributed by atoms with Crippen molar-refractivity contribution in [3.05, 3.63) is 282 Å². The zero-order valence-electron chi connectivity index (χ0n) is 36.7. The Hall–Kier alpha value is -8.60. The Morgan fingerprint density at radius 1 is 0.507 bits per heavy atom. The molecule has 9 aromatic carbocycles. The molecule has 4 nitrogen and oxygen atoms in total. The molecule has 10 aromatic rings. The molecule has 1 atom stereocenters. The number of para-hydroxylation sites is 3. The zero-order valence-corrected chi connectivity index (χ0v) is 36.7. The maximum absolute atomic E-state index is 5.19. The predicted molar refractivity (Wildman–Crippen MR) is 276 cm³/mol. The standard InChI is InChI=1S/C63H44N4/c1-5-20-47(21-6-1)63(48-22-7-2-8-23-48)57-30-16-14-28-53(57)54-36-34-51(41-58(54)63)66(49-24-9-3-10-25-49)52-38-45(37-46(39-52)62-64-42-44-19-13-17-31-59(44)65-62)43-33-35-56-55-29-15-18-32-60(55)67(61(56)40-43)50-26-11-4-12-27-50/h1-28,30-42,55H,29H2. The van der Waals surface area contributed by atoms with Crippen molar-refractivity contribution in [2.75, 3.05) is 9.80 Å². The van der Waals surface area contributed by atoms with Crippen LogP contribution in [0.25, 0.3) is 44.5 Å². The fraction of sp³-hybridized carbons (Fsp3) is 0.0476. The second-order valence-corrected chi connectivity index (χ2v) is 17.7. The van der Waals surface area contributed by atoms with Crippen molar-refractivity contribution in [2.24, 2.45) is 0 Å². The molecule has 0 N–H and O–H groups in total. The van der Waals surface area contributed by atoms with Crippen molar-refractivity contribution in [3.63, 3.8) is 0 Å². The summed E-state index contributed by atoms with van der Waals surface area (Å²) in [5.74, 6) is 0.987. The minimum absolute atomic E-state index is 0.306. The highest BCUT2D eigenvalue weighted by Crippen LogP contribution is 2.58. The van der Waals surface area contributed by atoms with Gasteiger partial charge in [0.2, 0.25) is 0 Å². The van der Waals surface area contributed by atoms with Gasteiger partial charge in [0.15, 0.2) is 5.82 Å². The van der Waals surface area contributed by atoms with Crippen molar-refractivity contribution >= 4 is 39.3 Å². The summed E-state index contributed by atoms with van der Waals surface area (Å²) >= 11 is 0. The van der Waals surface area contributed by atoms with E-state index in [1.165, 1.54) is 56.0 Å². The monoisotopic (exact) mass is 856 g/mol. The number of nitrogens with zero attached hydrogens (tertiary/aromatic N) is 4. The van der Waals surface area contributed by atoms with E-state index in [2.05, 4.69) is 240 Å². The molecule has 0 bridgehead atoms. The van der Waals surface area contributed by atoms with Gasteiger partial charge in [0.25, 0.3) is 0 Å². The van der Waals surface area contributed by atoms with Crippen molar-refractivity contribution in [2.45, 2.75) is 17.8 Å². The van der Waals surface area contributed by atoms with E-state index < -0.39 is 5.41 Å². The van der Waals surface area contributed by atoms with Crippen LogP contribution in [0.1, 0.15) is 40.2 Å². The Kier molecular flexibility index (Phi) is 9.17. The number of anilines is 5. The third-order valence-corrected chi connectivity index (χ3v) is 14.0. The lowest BCUT2D eigenvalue weighted by Crippen LogP contribution is -2.28. The van der Waals surface area contributed by atoms with Crippen LogP contribution in [0.4, 0.5) is 28.4 Å². The van der Waals surface area contributed by atoms with E-state index in [0.717, 1.165) is 51.1 Å². The number of aromatic nitrogens is 2. The van der Waals surface area contributed by atoms with Crippen LogP contribution in [0.15, 0.2) is 255 Å². The molecule has 3 aliphatic rings. The summed E-state index contributed by atoms with van der Waals surface area (Å²) in [7, 11) is 0. The van der Waals surface area contributed by atoms with Crippen LogP contribution in [0.2, 0.25) is 0 Å². The molecule has 1 aromatic heterocycles. The number of rotatable bonds is 8. The first-order valence-electron chi connectivity index (χ1n) is 23.2. The largest absolute Gasteiger partial charge is 0.313 e. The lowest BCUT2D eigenvalue weighted by atomic mass is 9.67. The molecule has 1 unspecified atom stereocenters. The highest BCUT2D eigenvalue weighted by Gasteiger charge is 2.46. The quantitative estimate of drug-likeness (QED) is 0.152. The first-order valence-corrected chi connectivity index (χ1v) is 23.2. The Balaban J connectivity index is 1.04. The van der Waals surface area contributed by atoms with Gasteiger partial charge in [-0.1, -0.05) is 170 Å². The zero-order chi connectivity index (χ0) is 44.3. The van der Waals surface area contributed by atoms with E-state index in [1.54, 1.807) is 0 Å². The van der Waals surface area contributed by atoms with Gasteiger partial charge in [-0.05, 0) is 129 Å². The second kappa shape index (κ2) is 15.8. The van der Waals surface area contributed by atoms with E-state index >= 15 is 0 Å². The summed E-state index contributed by atoms with van der Waals surface area (Å²) in [6, 6.07) is 81.8. The summed E-state index contributed by atoms with van der Waals surface area (Å²) < 4.78 is 0. The number of hydrogen-bond acceptors (Lipinski definition) is 4. The van der Waals surface area contributed by atoms with Gasteiger partial charge in [-0.2, -0.15) is 0 Å². The van der Waals surface area contributed by atoms with E-state index in [-0.39, 0.29) is 0 Å². The molecule has 13 rings (SSSR count). The molecule has 0 spiro atoms. The van der Waals surface area contributed by atoms with Crippen LogP contribution >= 0.6 is 0 Å². The van der Waals surface area contributed by atoms with E-state index in [0.29, 0.717) is 11.7 Å². The van der Waals surface area contributed by atoms with Crippen LogP contribution in [-0.4, -0.2) is 9.97 Å². The molecule has 2 heterocycles. The fourth-order valence-corrected chi connectivity index (χ4v) is 11.1. The molecule has 2 aliphatic carbocycles. The van der Waals surface area contributed by atoms with Gasteiger partial charge >= 0.3 is 0 Å². The third-order valence-electron chi connectivity index (χ3n) is 14.0. The minimum Gasteiger partial charge on any atom is -0.313 e. The molecular formula is C63H44N4. The van der Waals surface area contributed by atoms with Crippen molar-refractivity contribution in [1.29, 1.82) is 0 Å². The van der Waals surface area contributed by atoms with Crippen LogP contribution in [0.3, 0.4) is 0 Å². The molecule has 0 amide bonds. The number of fused-ring (bicyclic) bond motifs is 7. The topological polar surface area (TPSA) is 32.3 Å². The molecule has 0 radical (unpaired) electrons. The van der Waals surface area contributed by atoms with Crippen molar-refractivity contribution in [1.82, 2.24) is 9.97 Å². The van der Waals surface area contributed by atoms with Crippen LogP contribution in [0, 0.1) is 0 Å². The van der Waals surface area contributed by atoms with Gasteiger partial charge in [0, 0.05) is 51.5 Å². The van der Waals surface area contributed by atoms with Crippen LogP contribution in [0.5, 0.6) is 0 Å². The van der Waals surface area contributed by atoms with Crippen molar-refractivity contribution in [3.8, 4) is 33.6 Å². The van der Waals surface area contributed by atoms with Gasteiger partial charge in [-0.3, -0.25) is 0 Å². The average Bonchev–Trinajstić information content (AvgIpc) is 3.90. The first kappa shape index (κ1) is 38.8. The minimum atomic E-state index is -0.546. The summed E-state index contributed by atoms with van der Waals surface area (Å²) in [5, 5.41) is 1.01. The maximum atomic E-state index is 5.19. The SMILES string of the molecule is C1=CCC2C(=C1)N(c1ccccc1)c1cc(-c3cc(-c4ncc5ccccc5n4)cc(N(c4ccccc4)c4ccc5c(c4)C(c4ccccc4)(c4ccccc4)c4ccccc4-5)c3)ccc12. The molecule has 0 fully saturated rings. The number of allylic oxidation sites excluding steroid dienone is 4. The lowest BCUT2D eigenvalue weighted by molar-refractivity contribution is 0.768. The third kappa shape index (κ3) is 6.29. The number of benzene rings is 9. The number of hydrogen-bond donors (Lipinski definition) is 0. The predicted octanol–water partition coefficient (Wildman–Crippen LogP) is 15.9. The summed E-state index contributed by atoms with van der Waals surface area (Å²) in [5.41, 5.74) is 19.2. The van der Waals surface area contributed by atoms with E-state index in [9.17, 15) is 0 Å². The average molecular weight is 857 g/mol. The van der Waals surface area contributed by atoms with Crippen LogP contribution in [-0.2, 0) is 5.41 Å². The molecule has 1 aliphatic heterocycles. The van der Waals surface area contributed by atoms with Gasteiger partial charge in [-0.25, -0.2) is 9.97 Å². The second-order valence-electron chi connectivity index (χ2n) is 17.7. The van der Waals surface area contributed by atoms with E-state index in [1.807, 2.05) is 18.3 Å². The summed E-state index contributed by atoms with van der Waals surface area (Å²) in [6.07, 6.45) is 9.70. The summed E-state index contributed by atoms with van der Waals surface area (Å²) in [6.45, 7) is 0. The smallest absolute Gasteiger partial charge is 0.159 e. The van der Waals surface area contributed by atoms with Crippen LogP contribution < -0.4 is 9.80 Å². The van der Waals surface area contributed by atoms with Crippen molar-refractivity contribution < 1.29 is 0 Å². The highest BCUT2D eigenvalue weighted by molar-refractivity contribution is 5.92. The lowest BCUT2D eigenvalue weighted by Gasteiger charge is -2.35. The van der Waals surface area contributed by atoms with Gasteiger partial charge in [0.1, 0.15) is 0 Å². The maximum Gasteiger partial charge on any atom is 0.159 e. The molecule has 4 heteroatoms. The molecule has 67 heavy (non-hydrogen) atoms. The normalized spacial score (nSPS) is 15.1. The fourth-order valence-electron chi connectivity index (χ4n) is 11.1. The first-order chi connectivity index (χ1) is 33.2. The Morgan fingerprint density at radius 3 is 1.97 bits per heavy atom. The Bertz CT molecular complexity index is 3520. The molecule has 0 saturated heterocycles. The molecule has 316 valence electrons. The van der Waals surface area contributed by atoms with Gasteiger partial charge in [-0.15, -0.1) is 0 Å². The van der Waals surface area contributed by atoms with Gasteiger partial charge in [0.05, 0.1) is 16.6 Å². The molecule has 0 saturated carbocycles. The molecular weight excluding hydrogens is 813 g/mol. The highest BCUT2D eigenvalue weighted by atomic mass is 15.2. The van der Waals surface area contributed by atoms with E-state index in [4.69, 9.17) is 9.97 Å². The van der Waals surface area contributed by atoms with Gasteiger partial charge < -0.3 is 9.80 Å². The Morgan fingerprint density at radius 2 is 1.18 bits per heavy atom. The Labute approximate surface area is 391 Å².